The Morgan fingerprint density at radius 1 is 1.24 bits per heavy atom. The summed E-state index contributed by atoms with van der Waals surface area (Å²) in [5, 5.41) is 11.1. The van der Waals surface area contributed by atoms with Crippen molar-refractivity contribution in [3.8, 4) is 0 Å². The first-order chi connectivity index (χ1) is 11.9. The summed E-state index contributed by atoms with van der Waals surface area (Å²) in [4.78, 5) is 25.7. The summed E-state index contributed by atoms with van der Waals surface area (Å²) in [5.74, 6) is 2.17. The van der Waals surface area contributed by atoms with Crippen LogP contribution >= 0.6 is 11.6 Å². The van der Waals surface area contributed by atoms with Gasteiger partial charge in [-0.25, -0.2) is 0 Å². The van der Waals surface area contributed by atoms with Crippen LogP contribution in [0.15, 0.2) is 18.2 Å². The van der Waals surface area contributed by atoms with Gasteiger partial charge < -0.3 is 4.90 Å². The average molecular weight is 363 g/mol. The lowest BCUT2D eigenvalue weighted by Gasteiger charge is -2.60. The molecular weight excluding hydrogens is 340 g/mol. The van der Waals surface area contributed by atoms with E-state index in [-0.39, 0.29) is 22.2 Å². The Morgan fingerprint density at radius 2 is 1.80 bits per heavy atom. The monoisotopic (exact) mass is 362 g/mol. The van der Waals surface area contributed by atoms with Crippen molar-refractivity contribution in [2.45, 2.75) is 51.0 Å². The zero-order valence-electron chi connectivity index (χ0n) is 14.4. The molecule has 0 radical (unpaired) electrons. The number of carbonyl (C=O) groups excluding carboxylic acids is 1. The maximum Gasteiger partial charge on any atom is 0.270 e. The summed E-state index contributed by atoms with van der Waals surface area (Å²) in [5.41, 5.74) is 0.260. The minimum Gasteiger partial charge on any atom is -0.333 e. The van der Waals surface area contributed by atoms with Gasteiger partial charge in [-0.1, -0.05) is 11.6 Å². The fourth-order valence-corrected chi connectivity index (χ4v) is 6.28. The molecule has 0 aliphatic heterocycles. The molecule has 0 aromatic heterocycles. The summed E-state index contributed by atoms with van der Waals surface area (Å²) in [6.45, 7) is 2.67. The normalized spacial score (nSPS) is 32.6. The van der Waals surface area contributed by atoms with Gasteiger partial charge in [0.1, 0.15) is 0 Å². The van der Waals surface area contributed by atoms with Crippen LogP contribution in [0.4, 0.5) is 5.69 Å². The summed E-state index contributed by atoms with van der Waals surface area (Å²) < 4.78 is 0. The Kier molecular flexibility index (Phi) is 4.02. The summed E-state index contributed by atoms with van der Waals surface area (Å²) >= 11 is 6.23. The molecule has 0 heterocycles. The van der Waals surface area contributed by atoms with Crippen molar-refractivity contribution in [1.82, 2.24) is 4.90 Å². The van der Waals surface area contributed by atoms with Crippen LogP contribution in [-0.4, -0.2) is 27.8 Å². The van der Waals surface area contributed by atoms with E-state index in [2.05, 4.69) is 0 Å². The highest BCUT2D eigenvalue weighted by Gasteiger charge is 2.54. The van der Waals surface area contributed by atoms with E-state index < -0.39 is 4.92 Å². The number of hydrogen-bond acceptors (Lipinski definition) is 3. The molecule has 0 N–H and O–H groups in total. The molecule has 1 aromatic rings. The van der Waals surface area contributed by atoms with E-state index >= 15 is 0 Å². The highest BCUT2D eigenvalue weighted by molar-refractivity contribution is 6.34. The molecule has 4 bridgehead atoms. The van der Waals surface area contributed by atoms with Gasteiger partial charge >= 0.3 is 0 Å². The van der Waals surface area contributed by atoms with Crippen LogP contribution in [0.3, 0.4) is 0 Å². The van der Waals surface area contributed by atoms with Gasteiger partial charge in [0.15, 0.2) is 0 Å². The Labute approximate surface area is 152 Å². The van der Waals surface area contributed by atoms with Gasteiger partial charge in [0.2, 0.25) is 0 Å². The number of non-ortho nitro benzene ring substituents is 1. The van der Waals surface area contributed by atoms with Gasteiger partial charge in [-0.05, 0) is 69.3 Å². The molecule has 25 heavy (non-hydrogen) atoms. The van der Waals surface area contributed by atoms with Gasteiger partial charge in [0, 0.05) is 24.2 Å². The first-order valence-electron chi connectivity index (χ1n) is 9.18. The largest absolute Gasteiger partial charge is 0.333 e. The molecule has 1 aromatic carbocycles. The molecule has 4 saturated carbocycles. The van der Waals surface area contributed by atoms with Crippen molar-refractivity contribution < 1.29 is 9.72 Å². The van der Waals surface area contributed by atoms with Crippen LogP contribution in [0.2, 0.25) is 5.02 Å². The van der Waals surface area contributed by atoms with Crippen LogP contribution in [0, 0.1) is 27.9 Å². The smallest absolute Gasteiger partial charge is 0.270 e. The second-order valence-corrected chi connectivity index (χ2v) is 8.52. The summed E-state index contributed by atoms with van der Waals surface area (Å²) in [7, 11) is 0. The third-order valence-electron chi connectivity index (χ3n) is 6.53. The first kappa shape index (κ1) is 16.8. The first-order valence-corrected chi connectivity index (χ1v) is 9.55. The van der Waals surface area contributed by atoms with Gasteiger partial charge in [0.25, 0.3) is 11.6 Å². The number of halogens is 1. The van der Waals surface area contributed by atoms with E-state index in [1.54, 1.807) is 0 Å². The molecule has 134 valence electrons. The molecule has 0 saturated heterocycles. The van der Waals surface area contributed by atoms with Crippen LogP contribution in [-0.2, 0) is 0 Å². The Morgan fingerprint density at radius 3 is 2.24 bits per heavy atom. The molecule has 0 unspecified atom stereocenters. The highest BCUT2D eigenvalue weighted by atomic mass is 35.5. The van der Waals surface area contributed by atoms with Gasteiger partial charge in [-0.2, -0.15) is 0 Å². The fourth-order valence-electron chi connectivity index (χ4n) is 6.03. The Bertz CT molecular complexity index is 698. The molecule has 4 aliphatic rings. The Balaban J connectivity index is 1.65. The van der Waals surface area contributed by atoms with Gasteiger partial charge in [-0.3, -0.25) is 14.9 Å². The van der Waals surface area contributed by atoms with Crippen molar-refractivity contribution in [2.75, 3.05) is 6.54 Å². The third-order valence-corrected chi connectivity index (χ3v) is 6.85. The molecule has 5 nitrogen and oxygen atoms in total. The lowest BCUT2D eigenvalue weighted by atomic mass is 9.52. The topological polar surface area (TPSA) is 63.5 Å². The summed E-state index contributed by atoms with van der Waals surface area (Å²) in [6.07, 6.45) is 7.27. The van der Waals surface area contributed by atoms with Gasteiger partial charge in [-0.15, -0.1) is 0 Å². The minimum absolute atomic E-state index is 0.0360. The van der Waals surface area contributed by atoms with Crippen molar-refractivity contribution in [1.29, 1.82) is 0 Å². The molecule has 1 amide bonds. The van der Waals surface area contributed by atoms with Crippen molar-refractivity contribution in [3.63, 3.8) is 0 Å². The van der Waals surface area contributed by atoms with Crippen LogP contribution < -0.4 is 0 Å². The van der Waals surface area contributed by atoms with E-state index in [9.17, 15) is 14.9 Å². The molecule has 0 spiro atoms. The maximum absolute atomic E-state index is 13.3. The van der Waals surface area contributed by atoms with Crippen molar-refractivity contribution in [2.24, 2.45) is 17.8 Å². The molecule has 6 heteroatoms. The second kappa shape index (κ2) is 5.97. The molecule has 4 aliphatic carbocycles. The van der Waals surface area contributed by atoms with E-state index in [4.69, 9.17) is 11.6 Å². The summed E-state index contributed by atoms with van der Waals surface area (Å²) in [6, 6.07) is 4.15. The number of carbonyl (C=O) groups is 1. The minimum atomic E-state index is -0.489. The maximum atomic E-state index is 13.3. The predicted molar refractivity (Wildman–Crippen MR) is 95.7 cm³/mol. The number of nitro groups is 1. The second-order valence-electron chi connectivity index (χ2n) is 8.11. The number of rotatable bonds is 4. The third kappa shape index (κ3) is 2.73. The quantitative estimate of drug-likeness (QED) is 0.577. The van der Waals surface area contributed by atoms with E-state index in [1.165, 1.54) is 37.5 Å². The van der Waals surface area contributed by atoms with Crippen LogP contribution in [0.1, 0.15) is 55.8 Å². The lowest BCUT2D eigenvalue weighted by molar-refractivity contribution is -0.384. The highest BCUT2D eigenvalue weighted by Crippen LogP contribution is 2.58. The standard InChI is InChI=1S/C19H23ClN2O3/c1-2-21(18(23)16-4-3-15(22(24)25)8-17(16)20)19-9-12-5-13(10-19)7-14(6-12)11-19/h3-4,8,12-14H,2,5-7,9-11H2,1H3. The van der Waals surface area contributed by atoms with Crippen molar-refractivity contribution >= 4 is 23.2 Å². The van der Waals surface area contributed by atoms with Crippen molar-refractivity contribution in [3.05, 3.63) is 38.9 Å². The number of nitro benzene ring substituents is 1. The van der Waals surface area contributed by atoms with Crippen LogP contribution in [0.5, 0.6) is 0 Å². The number of nitrogens with zero attached hydrogens (tertiary/aromatic N) is 2. The SMILES string of the molecule is CCN(C(=O)c1ccc([N+](=O)[O-])cc1Cl)C12CC3CC(CC(C3)C1)C2. The van der Waals surface area contributed by atoms with E-state index in [0.717, 1.165) is 37.0 Å². The van der Waals surface area contributed by atoms with Gasteiger partial charge in [0.05, 0.1) is 15.5 Å². The van der Waals surface area contributed by atoms with E-state index in [0.29, 0.717) is 12.1 Å². The lowest BCUT2D eigenvalue weighted by Crippen LogP contribution is -2.61. The zero-order chi connectivity index (χ0) is 17.8. The van der Waals surface area contributed by atoms with E-state index in [1.807, 2.05) is 11.8 Å². The molecule has 4 fully saturated rings. The Hall–Kier alpha value is -1.62. The number of benzene rings is 1. The number of hydrogen-bond donors (Lipinski definition) is 0. The average Bonchev–Trinajstić information content (AvgIpc) is 2.53. The zero-order valence-corrected chi connectivity index (χ0v) is 15.2. The van der Waals surface area contributed by atoms with Crippen LogP contribution in [0.25, 0.3) is 0 Å². The molecular formula is C19H23ClN2O3. The molecule has 0 atom stereocenters. The molecule has 5 rings (SSSR count). The number of amides is 1. The fraction of sp³-hybridized carbons (Fsp3) is 0.632. The predicted octanol–water partition coefficient (Wildman–Crippen LogP) is 4.68.